The molecule has 8 heteroatoms. The lowest BCUT2D eigenvalue weighted by Crippen LogP contribution is -2.40. The van der Waals surface area contributed by atoms with E-state index in [1.807, 2.05) is 6.92 Å². The smallest absolute Gasteiger partial charge is 0.274 e. The Balaban J connectivity index is 0.00000264. The van der Waals surface area contributed by atoms with Crippen molar-refractivity contribution in [3.05, 3.63) is 58.3 Å². The Morgan fingerprint density at radius 3 is 2.48 bits per heavy atom. The van der Waals surface area contributed by atoms with Crippen LogP contribution in [0.3, 0.4) is 0 Å². The molecule has 0 saturated heterocycles. The summed E-state index contributed by atoms with van der Waals surface area (Å²) >= 11 is 0. The molecule has 1 heterocycles. The van der Waals surface area contributed by atoms with Gasteiger partial charge in [0.1, 0.15) is 11.5 Å². The fourth-order valence-electron chi connectivity index (χ4n) is 1.83. The summed E-state index contributed by atoms with van der Waals surface area (Å²) in [6.07, 6.45) is 0. The molecule has 0 bridgehead atoms. The zero-order valence-electron chi connectivity index (χ0n) is 12.8. The predicted molar refractivity (Wildman–Crippen MR) is 87.6 cm³/mol. The summed E-state index contributed by atoms with van der Waals surface area (Å²) in [6.45, 7) is 2.13. The molecule has 0 aliphatic carbocycles. The number of aromatic nitrogens is 2. The van der Waals surface area contributed by atoms with Crippen molar-refractivity contribution >= 4 is 18.3 Å². The molecule has 124 valence electrons. The Labute approximate surface area is 139 Å². The van der Waals surface area contributed by atoms with Crippen LogP contribution in [-0.4, -0.2) is 40.2 Å². The molecule has 1 atom stereocenters. The largest absolute Gasteiger partial charge is 0.336 e. The topological polar surface area (TPSA) is 81.2 Å². The highest BCUT2D eigenvalue weighted by Gasteiger charge is 2.18. The number of halogens is 2. The van der Waals surface area contributed by atoms with Gasteiger partial charge in [-0.15, -0.1) is 12.4 Å². The highest BCUT2D eigenvalue weighted by Crippen LogP contribution is 2.07. The molecular formula is C15H18ClFN4O2. The maximum Gasteiger partial charge on any atom is 0.274 e. The number of nitrogens with zero attached hydrogens (tertiary/aromatic N) is 3. The van der Waals surface area contributed by atoms with E-state index in [0.717, 1.165) is 4.68 Å². The lowest BCUT2D eigenvalue weighted by atomic mass is 10.2. The van der Waals surface area contributed by atoms with Crippen molar-refractivity contribution in [3.8, 4) is 5.69 Å². The van der Waals surface area contributed by atoms with E-state index >= 15 is 0 Å². The first kappa shape index (κ1) is 18.8. The van der Waals surface area contributed by atoms with Crippen LogP contribution in [0.25, 0.3) is 5.69 Å². The Kier molecular flexibility index (Phi) is 6.41. The number of carbonyl (C=O) groups excluding carboxylic acids is 1. The van der Waals surface area contributed by atoms with Crippen LogP contribution >= 0.6 is 12.4 Å². The Morgan fingerprint density at radius 1 is 1.30 bits per heavy atom. The van der Waals surface area contributed by atoms with E-state index in [4.69, 9.17) is 5.73 Å². The van der Waals surface area contributed by atoms with E-state index in [9.17, 15) is 14.0 Å². The first-order valence-corrected chi connectivity index (χ1v) is 6.77. The second-order valence-electron chi connectivity index (χ2n) is 4.95. The zero-order chi connectivity index (χ0) is 16.3. The van der Waals surface area contributed by atoms with Gasteiger partial charge in [-0.2, -0.15) is 9.78 Å². The van der Waals surface area contributed by atoms with Crippen molar-refractivity contribution in [1.82, 2.24) is 14.7 Å². The van der Waals surface area contributed by atoms with Gasteiger partial charge in [0.15, 0.2) is 0 Å². The molecule has 0 spiro atoms. The highest BCUT2D eigenvalue weighted by atomic mass is 35.5. The van der Waals surface area contributed by atoms with Crippen LogP contribution in [0.5, 0.6) is 0 Å². The molecular weight excluding hydrogens is 323 g/mol. The van der Waals surface area contributed by atoms with Gasteiger partial charge in [0.05, 0.1) is 5.69 Å². The van der Waals surface area contributed by atoms with Crippen LogP contribution in [0.15, 0.2) is 41.2 Å². The van der Waals surface area contributed by atoms with Gasteiger partial charge in [-0.1, -0.05) is 0 Å². The van der Waals surface area contributed by atoms with E-state index < -0.39 is 11.4 Å². The van der Waals surface area contributed by atoms with Gasteiger partial charge in [-0.05, 0) is 37.3 Å². The molecule has 0 fully saturated rings. The molecule has 2 aromatic rings. The molecule has 0 aliphatic heterocycles. The number of amides is 1. The Hall–Kier alpha value is -2.25. The summed E-state index contributed by atoms with van der Waals surface area (Å²) in [6, 6.07) is 7.75. The Morgan fingerprint density at radius 2 is 1.91 bits per heavy atom. The van der Waals surface area contributed by atoms with Crippen LogP contribution in [0.1, 0.15) is 17.4 Å². The van der Waals surface area contributed by atoms with Crippen LogP contribution in [0.2, 0.25) is 0 Å². The molecule has 1 amide bonds. The number of benzene rings is 1. The minimum absolute atomic E-state index is 0. The molecule has 2 N–H and O–H groups in total. The van der Waals surface area contributed by atoms with Gasteiger partial charge in [0.2, 0.25) is 0 Å². The van der Waals surface area contributed by atoms with E-state index in [-0.39, 0.29) is 30.0 Å². The number of hydrogen-bond donors (Lipinski definition) is 1. The fourth-order valence-corrected chi connectivity index (χ4v) is 1.83. The molecule has 6 nitrogen and oxygen atoms in total. The molecule has 1 aromatic carbocycles. The third-order valence-electron chi connectivity index (χ3n) is 3.41. The van der Waals surface area contributed by atoms with Gasteiger partial charge in [-0.3, -0.25) is 9.59 Å². The first-order chi connectivity index (χ1) is 10.4. The SMILES string of the molecule is CC(CN)N(C)C(=O)c1ccc(=O)n(-c2ccc(F)cc2)n1.Cl. The normalized spacial score (nSPS) is 11.5. The van der Waals surface area contributed by atoms with Crippen molar-refractivity contribution in [3.63, 3.8) is 0 Å². The summed E-state index contributed by atoms with van der Waals surface area (Å²) < 4.78 is 14.0. The van der Waals surface area contributed by atoms with Gasteiger partial charge >= 0.3 is 0 Å². The molecule has 0 saturated carbocycles. The van der Waals surface area contributed by atoms with Crippen LogP contribution in [-0.2, 0) is 0 Å². The van der Waals surface area contributed by atoms with E-state index in [0.29, 0.717) is 12.2 Å². The second kappa shape index (κ2) is 7.85. The van der Waals surface area contributed by atoms with Crippen molar-refractivity contribution in [1.29, 1.82) is 0 Å². The van der Waals surface area contributed by atoms with Crippen LogP contribution in [0, 0.1) is 5.82 Å². The van der Waals surface area contributed by atoms with Gasteiger partial charge in [0, 0.05) is 25.7 Å². The molecule has 0 radical (unpaired) electrons. The summed E-state index contributed by atoms with van der Waals surface area (Å²) in [5.74, 6) is -0.755. The number of likely N-dealkylation sites (N-methyl/N-ethyl adjacent to an activating group) is 1. The van der Waals surface area contributed by atoms with Crippen LogP contribution < -0.4 is 11.3 Å². The number of nitrogens with two attached hydrogens (primary N) is 1. The summed E-state index contributed by atoms with van der Waals surface area (Å²) in [5, 5.41) is 4.06. The average molecular weight is 341 g/mol. The minimum Gasteiger partial charge on any atom is -0.336 e. The third-order valence-corrected chi connectivity index (χ3v) is 3.41. The summed E-state index contributed by atoms with van der Waals surface area (Å²) in [4.78, 5) is 25.7. The Bertz CT molecular complexity index is 733. The maximum absolute atomic E-state index is 13.0. The molecule has 1 unspecified atom stereocenters. The summed E-state index contributed by atoms with van der Waals surface area (Å²) in [7, 11) is 1.62. The third kappa shape index (κ3) is 4.14. The second-order valence-corrected chi connectivity index (χ2v) is 4.95. The molecule has 2 rings (SSSR count). The molecule has 23 heavy (non-hydrogen) atoms. The average Bonchev–Trinajstić information content (AvgIpc) is 2.54. The first-order valence-electron chi connectivity index (χ1n) is 6.77. The van der Waals surface area contributed by atoms with Crippen molar-refractivity contribution < 1.29 is 9.18 Å². The number of hydrogen-bond acceptors (Lipinski definition) is 4. The van der Waals surface area contributed by atoms with Gasteiger partial charge < -0.3 is 10.6 Å². The van der Waals surface area contributed by atoms with Gasteiger partial charge in [0.25, 0.3) is 11.5 Å². The predicted octanol–water partition coefficient (Wildman–Crippen LogP) is 1.21. The van der Waals surface area contributed by atoms with Crippen molar-refractivity contribution in [2.24, 2.45) is 5.73 Å². The lowest BCUT2D eigenvalue weighted by molar-refractivity contribution is 0.0740. The highest BCUT2D eigenvalue weighted by molar-refractivity contribution is 5.92. The molecule has 0 aliphatic rings. The standard InChI is InChI=1S/C15H17FN4O2.ClH/c1-10(9-17)19(2)15(22)13-7-8-14(21)20(18-13)12-5-3-11(16)4-6-12;/h3-8,10H,9,17H2,1-2H3;1H. The van der Waals surface area contributed by atoms with E-state index in [1.54, 1.807) is 7.05 Å². The van der Waals surface area contributed by atoms with Crippen molar-refractivity contribution in [2.75, 3.05) is 13.6 Å². The fraction of sp³-hybridized carbons (Fsp3) is 0.267. The number of carbonyl (C=O) groups is 1. The van der Waals surface area contributed by atoms with Gasteiger partial charge in [-0.25, -0.2) is 4.39 Å². The lowest BCUT2D eigenvalue weighted by Gasteiger charge is -2.23. The maximum atomic E-state index is 13.0. The monoisotopic (exact) mass is 340 g/mol. The van der Waals surface area contributed by atoms with Crippen molar-refractivity contribution in [2.45, 2.75) is 13.0 Å². The van der Waals surface area contributed by atoms with E-state index in [1.165, 1.54) is 41.3 Å². The number of rotatable bonds is 4. The van der Waals surface area contributed by atoms with Crippen LogP contribution in [0.4, 0.5) is 4.39 Å². The quantitative estimate of drug-likeness (QED) is 0.907. The zero-order valence-corrected chi connectivity index (χ0v) is 13.6. The minimum atomic E-state index is -0.416. The molecule has 1 aromatic heterocycles. The van der Waals surface area contributed by atoms with E-state index in [2.05, 4.69) is 5.10 Å². The summed E-state index contributed by atoms with van der Waals surface area (Å²) in [5.41, 5.74) is 5.64.